The molecule has 1 aliphatic heterocycles. The molecule has 1 amide bonds. The van der Waals surface area contributed by atoms with Crippen LogP contribution in [0.2, 0.25) is 5.02 Å². The van der Waals surface area contributed by atoms with Crippen LogP contribution in [0.1, 0.15) is 27.0 Å². The van der Waals surface area contributed by atoms with Crippen molar-refractivity contribution in [3.05, 3.63) is 69.9 Å². The summed E-state index contributed by atoms with van der Waals surface area (Å²) in [6.45, 7) is 2.73. The third-order valence-corrected chi connectivity index (χ3v) is 8.67. The van der Waals surface area contributed by atoms with Crippen molar-refractivity contribution < 1.29 is 22.7 Å². The summed E-state index contributed by atoms with van der Waals surface area (Å²) in [7, 11) is 1.09. The maximum atomic E-state index is 13.2. The first-order chi connectivity index (χ1) is 18.0. The number of amides is 1. The predicted octanol–water partition coefficient (Wildman–Crippen LogP) is 2.91. The van der Waals surface area contributed by atoms with Crippen LogP contribution in [0.25, 0.3) is 0 Å². The molecule has 2 aromatic carbocycles. The Bertz CT molecular complexity index is 1320. The number of fused-ring (bicyclic) bond motifs is 1. The van der Waals surface area contributed by atoms with Crippen LogP contribution >= 0.6 is 11.6 Å². The molecule has 0 saturated heterocycles. The Kier molecular flexibility index (Phi) is 8.98. The van der Waals surface area contributed by atoms with Crippen molar-refractivity contribution in [2.75, 3.05) is 32.1 Å². The van der Waals surface area contributed by atoms with E-state index < -0.39 is 33.9 Å². The number of nitrogens with two attached hydrogens (primary N) is 1. The van der Waals surface area contributed by atoms with E-state index in [4.69, 9.17) is 17.3 Å². The maximum absolute atomic E-state index is 13.2. The number of aromatic nitrogens is 2. The zero-order valence-electron chi connectivity index (χ0n) is 20.8. The number of nitrogens with zero attached hydrogens (tertiary/aromatic N) is 3. The number of carbonyl (C=O) groups excluding carboxylic acids is 1. The first-order valence-corrected chi connectivity index (χ1v) is 14.1. The quantitative estimate of drug-likeness (QED) is 0.382. The average molecular weight is 609 g/mol. The summed E-state index contributed by atoms with van der Waals surface area (Å²) in [5.41, 5.74) is 9.49. The Morgan fingerprint density at radius 2 is 1.97 bits per heavy atom. The van der Waals surface area contributed by atoms with Crippen molar-refractivity contribution in [3.8, 4) is 0 Å². The van der Waals surface area contributed by atoms with Crippen LogP contribution in [-0.4, -0.2) is 75.6 Å². The second kappa shape index (κ2) is 12.0. The number of benzene rings is 2. The number of anilines is 2. The molecule has 0 saturated carbocycles. The molecule has 3 N–H and O–H groups in total. The molecule has 0 bridgehead atoms. The monoisotopic (exact) mass is 608 g/mol. The molecule has 0 fully saturated rings. The summed E-state index contributed by atoms with van der Waals surface area (Å²) in [5, 5.41) is 3.45. The van der Waals surface area contributed by atoms with Gasteiger partial charge in [-0.2, -0.15) is 0 Å². The van der Waals surface area contributed by atoms with Gasteiger partial charge in [-0.3, -0.25) is 0 Å². The fourth-order valence-corrected chi connectivity index (χ4v) is 6.28. The number of carbonyl (C=O) groups is 1. The van der Waals surface area contributed by atoms with Crippen molar-refractivity contribution >= 4 is 53.7 Å². The molecule has 1 radical (unpaired) electrons. The van der Waals surface area contributed by atoms with Crippen LogP contribution in [0.15, 0.2) is 42.6 Å². The summed E-state index contributed by atoms with van der Waals surface area (Å²) in [4.78, 5) is 22.7. The topological polar surface area (TPSA) is 93.4 Å². The van der Waals surface area contributed by atoms with Crippen LogP contribution in [0.5, 0.6) is 0 Å². The van der Waals surface area contributed by atoms with Gasteiger partial charge >= 0.3 is 231 Å². The molecule has 12 heteroatoms. The molecule has 1 aromatic heterocycles. The fraction of sp³-hybridized carbons (Fsp3) is 0.346. The van der Waals surface area contributed by atoms with E-state index in [0.717, 1.165) is 28.2 Å². The molecule has 3 aromatic rings. The molecule has 0 aliphatic carbocycles. The Balaban J connectivity index is 1.49. The molecule has 1 atom stereocenters. The van der Waals surface area contributed by atoms with Crippen molar-refractivity contribution in [1.82, 2.24) is 14.9 Å². The van der Waals surface area contributed by atoms with Gasteiger partial charge in [-0.25, -0.2) is 0 Å². The van der Waals surface area contributed by atoms with Crippen LogP contribution in [-0.2, 0) is 17.6 Å². The van der Waals surface area contributed by atoms with E-state index in [1.54, 1.807) is 17.0 Å². The first kappa shape index (κ1) is 28.4. The molecule has 1 aliphatic rings. The van der Waals surface area contributed by atoms with Gasteiger partial charge in [-0.05, 0) is 0 Å². The number of hydrogen-bond donors (Lipinski definition) is 2. The number of hydrogen-bond acceptors (Lipinski definition) is 6. The van der Waals surface area contributed by atoms with E-state index in [0.29, 0.717) is 52.6 Å². The van der Waals surface area contributed by atoms with Crippen molar-refractivity contribution in [2.45, 2.75) is 32.0 Å². The average Bonchev–Trinajstić information content (AvgIpc) is 3.06. The van der Waals surface area contributed by atoms with E-state index in [1.165, 1.54) is 6.20 Å². The van der Waals surface area contributed by atoms with Gasteiger partial charge in [-0.1, -0.05) is 0 Å². The Morgan fingerprint density at radius 1 is 1.24 bits per heavy atom. The number of halogens is 4. The number of primary amides is 1. The number of ether oxygens (including phenoxy) is 1. The van der Waals surface area contributed by atoms with Gasteiger partial charge in [0.1, 0.15) is 0 Å². The summed E-state index contributed by atoms with van der Waals surface area (Å²) in [5.74, 6) is -0.181. The molecule has 0 spiro atoms. The van der Waals surface area contributed by atoms with Crippen LogP contribution in [0.4, 0.5) is 24.7 Å². The van der Waals surface area contributed by atoms with E-state index >= 15 is 0 Å². The number of nitrogens with one attached hydrogen (secondary N) is 1. The summed E-state index contributed by atoms with van der Waals surface area (Å²) in [6.07, 6.45) is -3.34. The number of para-hydroxylation sites is 1. The number of rotatable bonds is 8. The molecule has 38 heavy (non-hydrogen) atoms. The third-order valence-electron chi connectivity index (χ3n) is 6.40. The minimum absolute atomic E-state index is 0.181. The second-order valence-electron chi connectivity index (χ2n) is 8.98. The third kappa shape index (κ3) is 6.86. The van der Waals surface area contributed by atoms with Crippen molar-refractivity contribution in [3.63, 3.8) is 0 Å². The van der Waals surface area contributed by atoms with Crippen LogP contribution in [0.3, 0.4) is 0 Å². The van der Waals surface area contributed by atoms with Gasteiger partial charge in [0.15, 0.2) is 0 Å². The van der Waals surface area contributed by atoms with Crippen LogP contribution < -0.4 is 20.0 Å². The number of methoxy groups -OCH3 is 1. The van der Waals surface area contributed by atoms with Gasteiger partial charge in [-0.15, -0.1) is 0 Å². The summed E-state index contributed by atoms with van der Waals surface area (Å²) < 4.78 is 45.8. The normalized spacial score (nSPS) is 15.3. The molecular weight excluding hydrogens is 582 g/mol. The minimum atomic E-state index is -4.39. The Labute approximate surface area is 230 Å². The molecule has 0 unspecified atom stereocenters. The van der Waals surface area contributed by atoms with Crippen LogP contribution in [0, 0.1) is 6.92 Å². The zero-order chi connectivity index (χ0) is 27.4. The second-order valence-corrected chi connectivity index (χ2v) is 11.8. The van der Waals surface area contributed by atoms with E-state index in [-0.39, 0.29) is 6.54 Å². The van der Waals surface area contributed by atoms with Gasteiger partial charge < -0.3 is 0 Å². The van der Waals surface area contributed by atoms with Crippen molar-refractivity contribution in [1.29, 1.82) is 0 Å². The molecule has 7 nitrogen and oxygen atoms in total. The van der Waals surface area contributed by atoms with E-state index in [9.17, 15) is 18.0 Å². The van der Waals surface area contributed by atoms with Gasteiger partial charge in [0.25, 0.3) is 0 Å². The van der Waals surface area contributed by atoms with E-state index in [1.807, 2.05) is 25.1 Å². The van der Waals surface area contributed by atoms with Crippen molar-refractivity contribution in [2.24, 2.45) is 5.73 Å². The molecule has 4 rings (SSSR count). The first-order valence-electron chi connectivity index (χ1n) is 11.9. The number of aryl methyl sites for hydroxylation is 1. The number of alkyl halides is 3. The van der Waals surface area contributed by atoms with Gasteiger partial charge in [0.05, 0.1) is 0 Å². The predicted molar refractivity (Wildman–Crippen MR) is 142 cm³/mol. The Hall–Kier alpha value is -2.65. The summed E-state index contributed by atoms with van der Waals surface area (Å²) >= 11 is 5.76. The Morgan fingerprint density at radius 3 is 2.66 bits per heavy atom. The SMILES string of the molecule is CO[C@@H](CN1CCc2ccc([As]c3ncc(Cl)c(Nc4c(C)cccc4C(N)=O)n3)cc2CC1)C(F)(F)F. The fourth-order valence-electron chi connectivity index (χ4n) is 4.33. The standard InChI is InChI=1S/C26H27AsClF3N5O2/c1-15-4-3-5-19(23(32)37)22(15)34-24-20(28)13-33-25(35-24)27-18-7-6-16-8-10-36(11-9-17(16)12-18)14-21(38-2)26(29,30)31/h3-7,12-13,21H,8-11,14H2,1-2H3,(H2,32,37)(H,33,34,35)/t21-/m0/s1. The van der Waals surface area contributed by atoms with E-state index in [2.05, 4.69) is 26.1 Å². The summed E-state index contributed by atoms with van der Waals surface area (Å²) in [6, 6.07) is 11.4. The molecular formula is C26H27AsClF3N5O2. The van der Waals surface area contributed by atoms with Gasteiger partial charge in [0.2, 0.25) is 0 Å². The van der Waals surface area contributed by atoms with Gasteiger partial charge in [0, 0.05) is 0 Å². The molecule has 201 valence electrons. The zero-order valence-corrected chi connectivity index (χ0v) is 23.5. The molecule has 2 heterocycles.